The standard InChI is InChI=1S/C21H22N4O3S/c1-29(27,28)25-12-9-16-13-17(7-8-20(16)25)21(26)22-14-18-5-2-3-6-19(18)15-24-11-4-10-23-24/h2-8,10-11,13H,9,12,14-15H2,1H3,(H,22,26). The third kappa shape index (κ3) is 4.17. The fraction of sp³-hybridized carbons (Fsp3) is 0.238. The lowest BCUT2D eigenvalue weighted by Crippen LogP contribution is -2.27. The molecule has 3 aromatic rings. The van der Waals surface area contributed by atoms with Crippen LogP contribution in [0.15, 0.2) is 60.9 Å². The van der Waals surface area contributed by atoms with Crippen LogP contribution in [0.5, 0.6) is 0 Å². The highest BCUT2D eigenvalue weighted by molar-refractivity contribution is 7.92. The highest BCUT2D eigenvalue weighted by Gasteiger charge is 2.26. The van der Waals surface area contributed by atoms with Crippen LogP contribution in [-0.4, -0.2) is 36.9 Å². The highest BCUT2D eigenvalue weighted by Crippen LogP contribution is 2.30. The van der Waals surface area contributed by atoms with Gasteiger partial charge in [0.05, 0.1) is 18.5 Å². The predicted octanol–water partition coefficient (Wildman–Crippen LogP) is 2.18. The molecule has 8 heteroatoms. The molecule has 4 rings (SSSR count). The number of fused-ring (bicyclic) bond motifs is 1. The molecule has 1 amide bonds. The molecule has 0 radical (unpaired) electrons. The minimum Gasteiger partial charge on any atom is -0.348 e. The van der Waals surface area contributed by atoms with Crippen LogP contribution in [0.2, 0.25) is 0 Å². The summed E-state index contributed by atoms with van der Waals surface area (Å²) in [5.41, 5.74) is 4.19. The zero-order valence-corrected chi connectivity index (χ0v) is 16.9. The van der Waals surface area contributed by atoms with Crippen LogP contribution in [-0.2, 0) is 29.5 Å². The number of carbonyl (C=O) groups is 1. The molecule has 0 atom stereocenters. The van der Waals surface area contributed by atoms with Crippen molar-refractivity contribution in [1.82, 2.24) is 15.1 Å². The van der Waals surface area contributed by atoms with Crippen molar-refractivity contribution in [3.63, 3.8) is 0 Å². The zero-order valence-electron chi connectivity index (χ0n) is 16.1. The van der Waals surface area contributed by atoms with Crippen molar-refractivity contribution in [2.45, 2.75) is 19.5 Å². The van der Waals surface area contributed by atoms with Crippen LogP contribution in [0.1, 0.15) is 27.0 Å². The number of carbonyl (C=O) groups excluding carboxylic acids is 1. The zero-order chi connectivity index (χ0) is 20.4. The first kappa shape index (κ1) is 19.2. The number of nitrogens with zero attached hydrogens (tertiary/aromatic N) is 3. The number of rotatable bonds is 6. The van der Waals surface area contributed by atoms with E-state index < -0.39 is 10.0 Å². The normalized spacial score (nSPS) is 13.3. The maximum Gasteiger partial charge on any atom is 0.251 e. The summed E-state index contributed by atoms with van der Waals surface area (Å²) in [6, 6.07) is 15.0. The number of anilines is 1. The van der Waals surface area contributed by atoms with E-state index in [0.29, 0.717) is 37.3 Å². The summed E-state index contributed by atoms with van der Waals surface area (Å²) in [6.07, 6.45) is 5.45. The maximum absolute atomic E-state index is 12.7. The van der Waals surface area contributed by atoms with E-state index >= 15 is 0 Å². The Kier molecular flexibility index (Phi) is 5.10. The molecule has 7 nitrogen and oxygen atoms in total. The Labute approximate surface area is 170 Å². The summed E-state index contributed by atoms with van der Waals surface area (Å²) < 4.78 is 26.9. The molecule has 29 heavy (non-hydrogen) atoms. The monoisotopic (exact) mass is 410 g/mol. The van der Waals surface area contributed by atoms with Crippen LogP contribution in [0.3, 0.4) is 0 Å². The average Bonchev–Trinajstić information content (AvgIpc) is 3.35. The van der Waals surface area contributed by atoms with E-state index in [0.717, 1.165) is 16.7 Å². The van der Waals surface area contributed by atoms with Gasteiger partial charge in [-0.2, -0.15) is 5.10 Å². The second kappa shape index (κ2) is 7.71. The summed E-state index contributed by atoms with van der Waals surface area (Å²) in [7, 11) is -3.30. The van der Waals surface area contributed by atoms with E-state index in [4.69, 9.17) is 0 Å². The fourth-order valence-corrected chi connectivity index (χ4v) is 4.55. The van der Waals surface area contributed by atoms with Crippen molar-refractivity contribution >= 4 is 21.6 Å². The summed E-state index contributed by atoms with van der Waals surface area (Å²) in [5, 5.41) is 7.20. The summed E-state index contributed by atoms with van der Waals surface area (Å²) >= 11 is 0. The fourth-order valence-electron chi connectivity index (χ4n) is 3.59. The number of benzene rings is 2. The lowest BCUT2D eigenvalue weighted by Gasteiger charge is -2.16. The Bertz CT molecular complexity index is 1140. The molecular weight excluding hydrogens is 388 g/mol. The van der Waals surface area contributed by atoms with Gasteiger partial charge in [-0.3, -0.25) is 13.8 Å². The molecule has 0 saturated heterocycles. The number of amides is 1. The first-order chi connectivity index (χ1) is 13.9. The van der Waals surface area contributed by atoms with Crippen molar-refractivity contribution in [2.24, 2.45) is 0 Å². The van der Waals surface area contributed by atoms with Gasteiger partial charge in [0.15, 0.2) is 0 Å². The Balaban J connectivity index is 1.46. The molecule has 0 spiro atoms. The Hall–Kier alpha value is -3.13. The third-order valence-corrected chi connectivity index (χ3v) is 6.22. The van der Waals surface area contributed by atoms with E-state index in [1.54, 1.807) is 24.4 Å². The largest absolute Gasteiger partial charge is 0.348 e. The van der Waals surface area contributed by atoms with Crippen LogP contribution >= 0.6 is 0 Å². The van der Waals surface area contributed by atoms with E-state index in [-0.39, 0.29) is 5.91 Å². The van der Waals surface area contributed by atoms with Gasteiger partial charge in [0, 0.05) is 31.0 Å². The number of sulfonamides is 1. The van der Waals surface area contributed by atoms with E-state index in [9.17, 15) is 13.2 Å². The van der Waals surface area contributed by atoms with Crippen LogP contribution in [0, 0.1) is 0 Å². The number of hydrogen-bond acceptors (Lipinski definition) is 4. The number of hydrogen-bond donors (Lipinski definition) is 1. The molecule has 0 saturated carbocycles. The molecule has 1 N–H and O–H groups in total. The van der Waals surface area contributed by atoms with Gasteiger partial charge < -0.3 is 5.32 Å². The van der Waals surface area contributed by atoms with Crippen molar-refractivity contribution in [3.05, 3.63) is 83.2 Å². The summed E-state index contributed by atoms with van der Waals surface area (Å²) in [4.78, 5) is 12.7. The average molecular weight is 410 g/mol. The molecule has 0 fully saturated rings. The second-order valence-electron chi connectivity index (χ2n) is 7.08. The van der Waals surface area contributed by atoms with Gasteiger partial charge in [-0.15, -0.1) is 0 Å². The third-order valence-electron chi connectivity index (χ3n) is 5.04. The predicted molar refractivity (Wildman–Crippen MR) is 111 cm³/mol. The molecule has 0 bridgehead atoms. The van der Waals surface area contributed by atoms with Gasteiger partial charge in [-0.25, -0.2) is 8.42 Å². The number of aromatic nitrogens is 2. The first-order valence-corrected chi connectivity index (χ1v) is 11.2. The van der Waals surface area contributed by atoms with Gasteiger partial charge >= 0.3 is 0 Å². The summed E-state index contributed by atoms with van der Waals surface area (Å²) in [5.74, 6) is -0.181. The van der Waals surface area contributed by atoms with Gasteiger partial charge in [0.1, 0.15) is 0 Å². The highest BCUT2D eigenvalue weighted by atomic mass is 32.2. The van der Waals surface area contributed by atoms with E-state index in [1.165, 1.54) is 10.6 Å². The van der Waals surface area contributed by atoms with Gasteiger partial charge in [-0.1, -0.05) is 24.3 Å². The minimum absolute atomic E-state index is 0.181. The molecule has 1 aromatic heterocycles. The Morgan fingerprint density at radius 3 is 2.66 bits per heavy atom. The number of nitrogens with one attached hydrogen (secondary N) is 1. The molecule has 2 aromatic carbocycles. The lowest BCUT2D eigenvalue weighted by atomic mass is 10.1. The smallest absolute Gasteiger partial charge is 0.251 e. The van der Waals surface area contributed by atoms with E-state index in [2.05, 4.69) is 10.4 Å². The van der Waals surface area contributed by atoms with Crippen molar-refractivity contribution < 1.29 is 13.2 Å². The Morgan fingerprint density at radius 2 is 1.93 bits per heavy atom. The maximum atomic E-state index is 12.7. The van der Waals surface area contributed by atoms with E-state index in [1.807, 2.05) is 41.2 Å². The molecule has 1 aliphatic heterocycles. The van der Waals surface area contributed by atoms with Crippen LogP contribution < -0.4 is 9.62 Å². The molecule has 150 valence electrons. The van der Waals surface area contributed by atoms with Crippen molar-refractivity contribution in [2.75, 3.05) is 17.1 Å². The lowest BCUT2D eigenvalue weighted by molar-refractivity contribution is 0.0950. The van der Waals surface area contributed by atoms with Gasteiger partial charge in [0.2, 0.25) is 10.0 Å². The topological polar surface area (TPSA) is 84.3 Å². The minimum atomic E-state index is -3.30. The quantitative estimate of drug-likeness (QED) is 0.675. The van der Waals surface area contributed by atoms with Crippen LogP contribution in [0.25, 0.3) is 0 Å². The van der Waals surface area contributed by atoms with Crippen molar-refractivity contribution in [3.8, 4) is 0 Å². The van der Waals surface area contributed by atoms with Crippen molar-refractivity contribution in [1.29, 1.82) is 0 Å². The molecule has 0 aliphatic carbocycles. The van der Waals surface area contributed by atoms with Gasteiger partial charge in [-0.05, 0) is 47.4 Å². The van der Waals surface area contributed by atoms with Gasteiger partial charge in [0.25, 0.3) is 5.91 Å². The first-order valence-electron chi connectivity index (χ1n) is 9.35. The second-order valence-corrected chi connectivity index (χ2v) is 8.99. The van der Waals surface area contributed by atoms with Crippen LogP contribution in [0.4, 0.5) is 5.69 Å². The molecule has 2 heterocycles. The molecule has 1 aliphatic rings. The Morgan fingerprint density at radius 1 is 1.14 bits per heavy atom. The molecular formula is C21H22N4O3S. The molecule has 0 unspecified atom stereocenters. The SMILES string of the molecule is CS(=O)(=O)N1CCc2cc(C(=O)NCc3ccccc3Cn3cccn3)ccc21. The summed E-state index contributed by atoms with van der Waals surface area (Å²) in [6.45, 7) is 1.46.